The van der Waals surface area contributed by atoms with E-state index in [1.807, 2.05) is 23.1 Å². The molecule has 3 rings (SSSR count). The van der Waals surface area contributed by atoms with E-state index in [1.165, 1.54) is 0 Å². The number of amides is 1. The monoisotopic (exact) mass is 351 g/mol. The molecular weight excluding hydrogens is 330 g/mol. The summed E-state index contributed by atoms with van der Waals surface area (Å²) in [5, 5.41) is 0.762. The molecule has 0 radical (unpaired) electrons. The summed E-state index contributed by atoms with van der Waals surface area (Å²) < 4.78 is 6.00. The van der Waals surface area contributed by atoms with Crippen molar-refractivity contribution < 1.29 is 9.53 Å². The predicted molar refractivity (Wildman–Crippen MR) is 86.7 cm³/mol. The number of alkyl halides is 1. The van der Waals surface area contributed by atoms with Crippen molar-refractivity contribution in [2.45, 2.75) is 43.8 Å². The van der Waals surface area contributed by atoms with Gasteiger partial charge in [0.15, 0.2) is 0 Å². The number of ether oxygens (including phenoxy) is 1. The predicted octanol–water partition coefficient (Wildman–Crippen LogP) is 3.12. The third-order valence-electron chi connectivity index (χ3n) is 4.43. The molecule has 3 nitrogen and oxygen atoms in total. The number of hydrogen-bond donors (Lipinski definition) is 0. The lowest BCUT2D eigenvalue weighted by Crippen LogP contribution is -2.57. The lowest BCUT2D eigenvalue weighted by atomic mass is 9.93. The minimum atomic E-state index is -0.279. The van der Waals surface area contributed by atoms with Crippen LogP contribution in [0, 0.1) is 0 Å². The summed E-state index contributed by atoms with van der Waals surface area (Å²) in [5.41, 5.74) is 0.611. The molecule has 0 aromatic heterocycles. The molecule has 1 aromatic rings. The lowest BCUT2D eigenvalue weighted by Gasteiger charge is -2.43. The van der Waals surface area contributed by atoms with E-state index >= 15 is 0 Å². The average Bonchev–Trinajstić information content (AvgIpc) is 3.27. The molecule has 1 amide bonds. The summed E-state index contributed by atoms with van der Waals surface area (Å²) in [5.74, 6) is 0.274. The summed E-state index contributed by atoms with van der Waals surface area (Å²) in [7, 11) is 0. The summed E-state index contributed by atoms with van der Waals surface area (Å²) in [6, 6.07) is 10.2. The molecular formula is C17H22BrNO2. The maximum atomic E-state index is 13.1. The van der Waals surface area contributed by atoms with E-state index in [0.717, 1.165) is 23.7 Å². The van der Waals surface area contributed by atoms with E-state index in [9.17, 15) is 4.79 Å². The summed E-state index contributed by atoms with van der Waals surface area (Å²) in [4.78, 5) is 15.1. The van der Waals surface area contributed by atoms with Gasteiger partial charge in [-0.2, -0.15) is 0 Å². The third-order valence-corrected chi connectivity index (χ3v) is 5.15. The molecule has 114 valence electrons. The zero-order valence-corrected chi connectivity index (χ0v) is 14.2. The van der Waals surface area contributed by atoms with Gasteiger partial charge in [-0.25, -0.2) is 0 Å². The SMILES string of the molecule is CC1(C)CN(C(=O)C2(c3ccccc3)CC2)CC(CBr)O1. The maximum absolute atomic E-state index is 13.1. The van der Waals surface area contributed by atoms with Gasteiger partial charge in [0.05, 0.1) is 17.1 Å². The minimum Gasteiger partial charge on any atom is -0.368 e. The molecule has 0 N–H and O–H groups in total. The van der Waals surface area contributed by atoms with Gasteiger partial charge in [0.1, 0.15) is 0 Å². The van der Waals surface area contributed by atoms with Crippen LogP contribution in [0.5, 0.6) is 0 Å². The Balaban J connectivity index is 1.82. The Labute approximate surface area is 134 Å². The average molecular weight is 352 g/mol. The molecule has 4 heteroatoms. The summed E-state index contributed by atoms with van der Waals surface area (Å²) in [6.07, 6.45) is 2.00. The van der Waals surface area contributed by atoms with Crippen LogP contribution in [0.4, 0.5) is 0 Å². The van der Waals surface area contributed by atoms with Crippen LogP contribution in [0.25, 0.3) is 0 Å². The summed E-state index contributed by atoms with van der Waals surface area (Å²) in [6.45, 7) is 5.47. The second-order valence-electron chi connectivity index (χ2n) is 6.79. The molecule has 1 saturated heterocycles. The first-order valence-electron chi connectivity index (χ1n) is 7.56. The Morgan fingerprint density at radius 1 is 1.33 bits per heavy atom. The number of rotatable bonds is 3. The van der Waals surface area contributed by atoms with Gasteiger partial charge >= 0.3 is 0 Å². The maximum Gasteiger partial charge on any atom is 0.233 e. The number of carbonyl (C=O) groups excluding carboxylic acids is 1. The largest absolute Gasteiger partial charge is 0.368 e. The number of morpholine rings is 1. The molecule has 21 heavy (non-hydrogen) atoms. The number of benzene rings is 1. The lowest BCUT2D eigenvalue weighted by molar-refractivity contribution is -0.159. The number of nitrogens with zero attached hydrogens (tertiary/aromatic N) is 1. The first-order chi connectivity index (χ1) is 9.97. The van der Waals surface area contributed by atoms with Crippen molar-refractivity contribution in [3.05, 3.63) is 35.9 Å². The van der Waals surface area contributed by atoms with Gasteiger partial charge in [-0.05, 0) is 32.3 Å². The fourth-order valence-electron chi connectivity index (χ4n) is 3.34. The van der Waals surface area contributed by atoms with Gasteiger partial charge in [-0.1, -0.05) is 46.3 Å². The van der Waals surface area contributed by atoms with Crippen molar-refractivity contribution in [1.29, 1.82) is 0 Å². The van der Waals surface area contributed by atoms with Crippen LogP contribution in [0.1, 0.15) is 32.3 Å². The Kier molecular flexibility index (Phi) is 3.87. The molecule has 0 spiro atoms. The second kappa shape index (κ2) is 5.40. The van der Waals surface area contributed by atoms with Crippen LogP contribution in [0.2, 0.25) is 0 Å². The Hall–Kier alpha value is -0.870. The molecule has 1 aromatic carbocycles. The van der Waals surface area contributed by atoms with Crippen molar-refractivity contribution in [2.75, 3.05) is 18.4 Å². The van der Waals surface area contributed by atoms with Crippen LogP contribution >= 0.6 is 15.9 Å². The molecule has 1 heterocycles. The fraction of sp³-hybridized carbons (Fsp3) is 0.588. The van der Waals surface area contributed by atoms with E-state index in [1.54, 1.807) is 0 Å². The van der Waals surface area contributed by atoms with Crippen LogP contribution in [-0.4, -0.2) is 40.9 Å². The molecule has 1 unspecified atom stereocenters. The second-order valence-corrected chi connectivity index (χ2v) is 7.44. The standard InChI is InChI=1S/C17H22BrNO2/c1-16(2)12-19(11-14(10-18)21-16)15(20)17(8-9-17)13-6-4-3-5-7-13/h3-7,14H,8-12H2,1-2H3. The normalized spacial score (nSPS) is 26.4. The number of carbonyl (C=O) groups is 1. The Morgan fingerprint density at radius 3 is 2.57 bits per heavy atom. The summed E-state index contributed by atoms with van der Waals surface area (Å²) >= 11 is 3.49. The van der Waals surface area contributed by atoms with Gasteiger partial charge < -0.3 is 9.64 Å². The molecule has 1 saturated carbocycles. The number of halogens is 1. The van der Waals surface area contributed by atoms with E-state index in [-0.39, 0.29) is 23.0 Å². The molecule has 0 bridgehead atoms. The molecule has 1 aliphatic heterocycles. The fourth-order valence-corrected chi connectivity index (χ4v) is 3.68. The quantitative estimate of drug-likeness (QED) is 0.783. The van der Waals surface area contributed by atoms with Crippen LogP contribution in [0.3, 0.4) is 0 Å². The van der Waals surface area contributed by atoms with Crippen LogP contribution < -0.4 is 0 Å². The van der Waals surface area contributed by atoms with Crippen molar-refractivity contribution in [3.8, 4) is 0 Å². The number of hydrogen-bond acceptors (Lipinski definition) is 2. The molecule has 1 aliphatic carbocycles. The van der Waals surface area contributed by atoms with E-state index in [2.05, 4.69) is 41.9 Å². The van der Waals surface area contributed by atoms with Crippen LogP contribution in [-0.2, 0) is 14.9 Å². The highest BCUT2D eigenvalue weighted by molar-refractivity contribution is 9.09. The highest BCUT2D eigenvalue weighted by Gasteiger charge is 2.54. The highest BCUT2D eigenvalue weighted by Crippen LogP contribution is 2.50. The zero-order chi connectivity index (χ0) is 15.1. The van der Waals surface area contributed by atoms with Crippen molar-refractivity contribution in [1.82, 2.24) is 4.90 Å². The van der Waals surface area contributed by atoms with Crippen molar-refractivity contribution in [2.24, 2.45) is 0 Å². The van der Waals surface area contributed by atoms with Gasteiger partial charge in [-0.15, -0.1) is 0 Å². The van der Waals surface area contributed by atoms with E-state index < -0.39 is 0 Å². The van der Waals surface area contributed by atoms with Gasteiger partial charge in [-0.3, -0.25) is 4.79 Å². The Bertz CT molecular complexity index is 525. The topological polar surface area (TPSA) is 29.5 Å². The van der Waals surface area contributed by atoms with Crippen molar-refractivity contribution in [3.63, 3.8) is 0 Å². The molecule has 2 aliphatic rings. The highest BCUT2D eigenvalue weighted by atomic mass is 79.9. The first-order valence-corrected chi connectivity index (χ1v) is 8.68. The minimum absolute atomic E-state index is 0.0734. The van der Waals surface area contributed by atoms with Gasteiger partial charge in [0.25, 0.3) is 0 Å². The third kappa shape index (κ3) is 2.88. The molecule has 1 atom stereocenters. The first kappa shape index (κ1) is 15.0. The van der Waals surface area contributed by atoms with Crippen molar-refractivity contribution >= 4 is 21.8 Å². The van der Waals surface area contributed by atoms with Crippen LogP contribution in [0.15, 0.2) is 30.3 Å². The Morgan fingerprint density at radius 2 is 2.00 bits per heavy atom. The van der Waals surface area contributed by atoms with Gasteiger partial charge in [0.2, 0.25) is 5.91 Å². The van der Waals surface area contributed by atoms with E-state index in [4.69, 9.17) is 4.74 Å². The molecule has 2 fully saturated rings. The van der Waals surface area contributed by atoms with Gasteiger partial charge in [0, 0.05) is 18.4 Å². The van der Waals surface area contributed by atoms with E-state index in [0.29, 0.717) is 13.1 Å². The smallest absolute Gasteiger partial charge is 0.233 e. The zero-order valence-electron chi connectivity index (χ0n) is 12.6.